The van der Waals surface area contributed by atoms with Crippen molar-refractivity contribution in [3.05, 3.63) is 22.4 Å². The Morgan fingerprint density at radius 1 is 1.37 bits per heavy atom. The number of amides is 2. The molecule has 1 heterocycles. The second kappa shape index (κ2) is 8.17. The Hall–Kier alpha value is -1.07. The molecule has 4 nitrogen and oxygen atoms in total. The van der Waals surface area contributed by atoms with Gasteiger partial charge >= 0.3 is 6.03 Å². The number of hydrogen-bond donors (Lipinski definition) is 3. The number of aliphatic hydroxyl groups is 1. The normalized spacial score (nSPS) is 15.6. The fourth-order valence-electron chi connectivity index (χ4n) is 1.65. The highest BCUT2D eigenvalue weighted by Crippen LogP contribution is 2.19. The van der Waals surface area contributed by atoms with Crippen LogP contribution in [0.2, 0.25) is 0 Å². The third-order valence-electron chi connectivity index (χ3n) is 3.37. The first-order valence-electron chi connectivity index (χ1n) is 6.77. The van der Waals surface area contributed by atoms with E-state index in [0.717, 1.165) is 6.42 Å². The summed E-state index contributed by atoms with van der Waals surface area (Å²) in [6, 6.07) is 3.87. The molecule has 0 fully saturated rings. The van der Waals surface area contributed by atoms with E-state index >= 15 is 0 Å². The lowest BCUT2D eigenvalue weighted by Crippen LogP contribution is -2.42. The van der Waals surface area contributed by atoms with Gasteiger partial charge in [-0.3, -0.25) is 0 Å². The van der Waals surface area contributed by atoms with E-state index in [1.165, 1.54) is 4.88 Å². The first-order valence-corrected chi connectivity index (χ1v) is 7.65. The second-order valence-corrected chi connectivity index (χ2v) is 5.94. The van der Waals surface area contributed by atoms with Crippen LogP contribution in [0.1, 0.15) is 38.0 Å². The molecule has 19 heavy (non-hydrogen) atoms. The smallest absolute Gasteiger partial charge is 0.314 e. The van der Waals surface area contributed by atoms with Crippen molar-refractivity contribution in [3.8, 4) is 0 Å². The van der Waals surface area contributed by atoms with Gasteiger partial charge in [0.1, 0.15) is 0 Å². The fraction of sp³-hybridized carbons (Fsp3) is 0.643. The van der Waals surface area contributed by atoms with E-state index in [9.17, 15) is 9.90 Å². The lowest BCUT2D eigenvalue weighted by molar-refractivity contribution is 0.114. The van der Waals surface area contributed by atoms with Gasteiger partial charge in [-0.05, 0) is 17.4 Å². The molecule has 0 saturated heterocycles. The topological polar surface area (TPSA) is 61.4 Å². The molecular formula is C14H24N2O2S. The van der Waals surface area contributed by atoms with E-state index in [1.54, 1.807) is 11.3 Å². The van der Waals surface area contributed by atoms with Crippen LogP contribution in [0.4, 0.5) is 4.79 Å². The lowest BCUT2D eigenvalue weighted by atomic mass is 10.0. The Kier molecular flexibility index (Phi) is 6.87. The molecule has 3 unspecified atom stereocenters. The molecule has 1 aromatic heterocycles. The van der Waals surface area contributed by atoms with Crippen LogP contribution in [0.15, 0.2) is 17.5 Å². The summed E-state index contributed by atoms with van der Waals surface area (Å²) in [6.45, 7) is 6.99. The Bertz CT molecular complexity index is 368. The maximum atomic E-state index is 11.6. The highest BCUT2D eigenvalue weighted by Gasteiger charge is 2.13. The van der Waals surface area contributed by atoms with E-state index in [2.05, 4.69) is 23.6 Å². The molecule has 1 rings (SSSR count). The Morgan fingerprint density at radius 3 is 2.63 bits per heavy atom. The van der Waals surface area contributed by atoms with E-state index in [-0.39, 0.29) is 11.9 Å². The highest BCUT2D eigenvalue weighted by molar-refractivity contribution is 7.10. The third kappa shape index (κ3) is 5.61. The Balaban J connectivity index is 2.21. The van der Waals surface area contributed by atoms with Gasteiger partial charge in [-0.25, -0.2) is 4.79 Å². The molecule has 0 aliphatic rings. The molecule has 3 atom stereocenters. The molecule has 0 aliphatic heterocycles. The Morgan fingerprint density at radius 2 is 2.05 bits per heavy atom. The van der Waals surface area contributed by atoms with Gasteiger partial charge in [0, 0.05) is 23.9 Å². The van der Waals surface area contributed by atoms with Crippen molar-refractivity contribution in [2.75, 3.05) is 13.1 Å². The van der Waals surface area contributed by atoms with Crippen molar-refractivity contribution in [2.24, 2.45) is 5.92 Å². The zero-order chi connectivity index (χ0) is 14.3. The standard InChI is InChI=1S/C14H24N2O2S/c1-4-10(2)12(17)9-16-14(18)15-8-11(3)13-6-5-7-19-13/h5-7,10-12,17H,4,8-9H2,1-3H3,(H2,15,16,18). The van der Waals surface area contributed by atoms with Crippen LogP contribution in [0.3, 0.4) is 0 Å². The third-order valence-corrected chi connectivity index (χ3v) is 4.47. The van der Waals surface area contributed by atoms with Crippen molar-refractivity contribution in [3.63, 3.8) is 0 Å². The number of nitrogens with one attached hydrogen (secondary N) is 2. The van der Waals surface area contributed by atoms with Gasteiger partial charge < -0.3 is 15.7 Å². The second-order valence-electron chi connectivity index (χ2n) is 4.96. The number of carbonyl (C=O) groups excluding carboxylic acids is 1. The van der Waals surface area contributed by atoms with Crippen LogP contribution in [0.5, 0.6) is 0 Å². The zero-order valence-electron chi connectivity index (χ0n) is 11.8. The maximum absolute atomic E-state index is 11.6. The molecule has 3 N–H and O–H groups in total. The van der Waals surface area contributed by atoms with Crippen molar-refractivity contribution < 1.29 is 9.90 Å². The minimum Gasteiger partial charge on any atom is -0.391 e. The summed E-state index contributed by atoms with van der Waals surface area (Å²) < 4.78 is 0. The molecule has 108 valence electrons. The summed E-state index contributed by atoms with van der Waals surface area (Å²) in [6.07, 6.45) is 0.422. The van der Waals surface area contributed by atoms with Crippen LogP contribution in [-0.2, 0) is 0 Å². The number of rotatable bonds is 7. The first kappa shape index (κ1) is 16.0. The predicted octanol–water partition coefficient (Wildman–Crippen LogP) is 2.56. The Labute approximate surface area is 119 Å². The van der Waals surface area contributed by atoms with Crippen LogP contribution in [0.25, 0.3) is 0 Å². The van der Waals surface area contributed by atoms with Crippen molar-refractivity contribution in [2.45, 2.75) is 39.2 Å². The van der Waals surface area contributed by atoms with E-state index in [4.69, 9.17) is 0 Å². The summed E-state index contributed by atoms with van der Waals surface area (Å²) in [5.41, 5.74) is 0. The summed E-state index contributed by atoms with van der Waals surface area (Å²) in [4.78, 5) is 12.9. The summed E-state index contributed by atoms with van der Waals surface area (Å²) in [5, 5.41) is 17.3. The van der Waals surface area contributed by atoms with E-state index < -0.39 is 6.10 Å². The van der Waals surface area contributed by atoms with Gasteiger partial charge in [0.2, 0.25) is 0 Å². The number of hydrogen-bond acceptors (Lipinski definition) is 3. The number of urea groups is 1. The summed E-state index contributed by atoms with van der Waals surface area (Å²) in [5.74, 6) is 0.510. The molecule has 0 aliphatic carbocycles. The lowest BCUT2D eigenvalue weighted by Gasteiger charge is -2.18. The molecule has 1 aromatic rings. The van der Waals surface area contributed by atoms with Gasteiger partial charge in [-0.2, -0.15) is 0 Å². The number of aliphatic hydroxyl groups excluding tert-OH is 1. The fourth-order valence-corrected chi connectivity index (χ4v) is 2.44. The molecule has 0 aromatic carbocycles. The van der Waals surface area contributed by atoms with Crippen molar-refractivity contribution in [1.82, 2.24) is 10.6 Å². The average Bonchev–Trinajstić information content (AvgIpc) is 2.95. The minimum atomic E-state index is -0.481. The minimum absolute atomic E-state index is 0.199. The van der Waals surface area contributed by atoms with Crippen LogP contribution >= 0.6 is 11.3 Å². The highest BCUT2D eigenvalue weighted by atomic mass is 32.1. The molecule has 0 saturated carbocycles. The van der Waals surface area contributed by atoms with E-state index in [0.29, 0.717) is 19.0 Å². The average molecular weight is 284 g/mol. The molecule has 5 heteroatoms. The molecule has 0 bridgehead atoms. The molecule has 2 amide bonds. The first-order chi connectivity index (χ1) is 9.04. The van der Waals surface area contributed by atoms with Crippen molar-refractivity contribution >= 4 is 17.4 Å². The molecule has 0 spiro atoms. The van der Waals surface area contributed by atoms with Crippen LogP contribution < -0.4 is 10.6 Å². The number of thiophene rings is 1. The van der Waals surface area contributed by atoms with Gasteiger partial charge in [-0.15, -0.1) is 11.3 Å². The number of carbonyl (C=O) groups is 1. The van der Waals surface area contributed by atoms with Crippen LogP contribution in [-0.4, -0.2) is 30.3 Å². The van der Waals surface area contributed by atoms with Gasteiger partial charge in [0.05, 0.1) is 6.10 Å². The molecule has 0 radical (unpaired) electrons. The summed E-state index contributed by atoms with van der Waals surface area (Å²) >= 11 is 1.70. The SMILES string of the molecule is CCC(C)C(O)CNC(=O)NCC(C)c1cccs1. The predicted molar refractivity (Wildman–Crippen MR) is 79.6 cm³/mol. The van der Waals surface area contributed by atoms with Gasteiger partial charge in [0.15, 0.2) is 0 Å². The van der Waals surface area contributed by atoms with Crippen molar-refractivity contribution in [1.29, 1.82) is 0 Å². The van der Waals surface area contributed by atoms with E-state index in [1.807, 2.05) is 25.3 Å². The zero-order valence-corrected chi connectivity index (χ0v) is 12.7. The maximum Gasteiger partial charge on any atom is 0.314 e. The quantitative estimate of drug-likeness (QED) is 0.720. The molecular weight excluding hydrogens is 260 g/mol. The summed E-state index contributed by atoms with van der Waals surface area (Å²) in [7, 11) is 0. The monoisotopic (exact) mass is 284 g/mol. The van der Waals surface area contributed by atoms with Gasteiger partial charge in [0.25, 0.3) is 0 Å². The van der Waals surface area contributed by atoms with Gasteiger partial charge in [-0.1, -0.05) is 33.3 Å². The van der Waals surface area contributed by atoms with Crippen LogP contribution in [0, 0.1) is 5.92 Å². The largest absolute Gasteiger partial charge is 0.391 e.